The van der Waals surface area contributed by atoms with Crippen molar-refractivity contribution in [2.75, 3.05) is 0 Å². The predicted octanol–water partition coefficient (Wildman–Crippen LogP) is 4.45. The number of pyridine rings is 1. The lowest BCUT2D eigenvalue weighted by Crippen LogP contribution is -2.10. The summed E-state index contributed by atoms with van der Waals surface area (Å²) in [5.41, 5.74) is 5.09. The molecule has 3 N–H and O–H groups in total. The van der Waals surface area contributed by atoms with Crippen LogP contribution in [0.2, 0.25) is 0 Å². The van der Waals surface area contributed by atoms with E-state index in [2.05, 4.69) is 4.98 Å². The van der Waals surface area contributed by atoms with Gasteiger partial charge in [-0.3, -0.25) is 15.5 Å². The second-order valence-electron chi connectivity index (χ2n) is 5.88. The van der Waals surface area contributed by atoms with E-state index >= 15 is 0 Å². The van der Waals surface area contributed by atoms with Crippen LogP contribution in [0.1, 0.15) is 11.1 Å². The van der Waals surface area contributed by atoms with Gasteiger partial charge in [-0.2, -0.15) is 4.98 Å². The standard InChI is InChI=1S/C19H14F2N4O4/c1-10-15(20)18(28-13-6-2-4-11(8-13)17(22)23)24-19(16(10)21)29-14-7-3-5-12(9-14)25(26)27/h2-9H,1H3,(H3,22,23). The number of nitrogen functional groups attached to an aromatic ring is 1. The molecule has 0 saturated carbocycles. The second-order valence-corrected chi connectivity index (χ2v) is 5.88. The van der Waals surface area contributed by atoms with Crippen LogP contribution >= 0.6 is 0 Å². The number of halogens is 2. The molecule has 0 atom stereocenters. The summed E-state index contributed by atoms with van der Waals surface area (Å²) >= 11 is 0. The molecule has 1 aromatic heterocycles. The maximum Gasteiger partial charge on any atom is 0.273 e. The summed E-state index contributed by atoms with van der Waals surface area (Å²) in [5.74, 6) is -3.43. The van der Waals surface area contributed by atoms with Crippen LogP contribution in [0.3, 0.4) is 0 Å². The van der Waals surface area contributed by atoms with E-state index in [1.807, 2.05) is 0 Å². The van der Waals surface area contributed by atoms with E-state index in [1.165, 1.54) is 37.3 Å². The van der Waals surface area contributed by atoms with Gasteiger partial charge in [0.1, 0.15) is 17.3 Å². The van der Waals surface area contributed by atoms with Crippen molar-refractivity contribution in [3.63, 3.8) is 0 Å². The first-order valence-corrected chi connectivity index (χ1v) is 8.16. The van der Waals surface area contributed by atoms with Crippen LogP contribution in [0.4, 0.5) is 14.5 Å². The molecule has 0 aliphatic carbocycles. The Morgan fingerprint density at radius 3 is 2.17 bits per heavy atom. The number of nitrogens with two attached hydrogens (primary N) is 1. The zero-order valence-electron chi connectivity index (χ0n) is 15.0. The van der Waals surface area contributed by atoms with Crippen molar-refractivity contribution in [2.45, 2.75) is 6.92 Å². The van der Waals surface area contributed by atoms with E-state index in [1.54, 1.807) is 12.1 Å². The van der Waals surface area contributed by atoms with Gasteiger partial charge in [0.25, 0.3) is 17.4 Å². The van der Waals surface area contributed by atoms with Crippen LogP contribution in [-0.4, -0.2) is 15.7 Å². The lowest BCUT2D eigenvalue weighted by atomic mass is 10.2. The van der Waals surface area contributed by atoms with Crippen LogP contribution < -0.4 is 15.2 Å². The normalized spacial score (nSPS) is 10.4. The SMILES string of the molecule is Cc1c(F)c(Oc2cccc(C(=N)N)c2)nc(Oc2cccc([N+](=O)[O-])c2)c1F. The highest BCUT2D eigenvalue weighted by atomic mass is 19.1. The average molecular weight is 400 g/mol. The third-order valence-electron chi connectivity index (χ3n) is 3.84. The van der Waals surface area contributed by atoms with Crippen LogP contribution in [0.5, 0.6) is 23.3 Å². The van der Waals surface area contributed by atoms with Gasteiger partial charge in [0.2, 0.25) is 0 Å². The third kappa shape index (κ3) is 4.26. The number of non-ortho nitro benzene ring substituents is 1. The predicted molar refractivity (Wildman–Crippen MR) is 99.6 cm³/mol. The lowest BCUT2D eigenvalue weighted by Gasteiger charge is -2.12. The van der Waals surface area contributed by atoms with Gasteiger partial charge in [-0.25, -0.2) is 8.78 Å². The summed E-state index contributed by atoms with van der Waals surface area (Å²) in [6.45, 7) is 1.17. The number of aromatic nitrogens is 1. The Balaban J connectivity index is 1.97. The van der Waals surface area contributed by atoms with Gasteiger partial charge in [-0.1, -0.05) is 18.2 Å². The van der Waals surface area contributed by atoms with E-state index in [9.17, 15) is 18.9 Å². The molecule has 0 aliphatic heterocycles. The third-order valence-corrected chi connectivity index (χ3v) is 3.84. The van der Waals surface area contributed by atoms with Crippen LogP contribution in [0, 0.1) is 34.1 Å². The van der Waals surface area contributed by atoms with Crippen LogP contribution in [0.15, 0.2) is 48.5 Å². The second kappa shape index (κ2) is 7.89. The summed E-state index contributed by atoms with van der Waals surface area (Å²) < 4.78 is 39.6. The van der Waals surface area contributed by atoms with Crippen LogP contribution in [-0.2, 0) is 0 Å². The molecule has 148 valence electrons. The first-order chi connectivity index (χ1) is 13.8. The average Bonchev–Trinajstić information content (AvgIpc) is 2.70. The smallest absolute Gasteiger partial charge is 0.273 e. The molecule has 10 heteroatoms. The number of ether oxygens (including phenoxy) is 2. The van der Waals surface area contributed by atoms with E-state index in [-0.39, 0.29) is 23.0 Å². The molecule has 2 aromatic carbocycles. The first kappa shape index (κ1) is 19.7. The van der Waals surface area contributed by atoms with Gasteiger partial charge >= 0.3 is 0 Å². The highest BCUT2D eigenvalue weighted by Crippen LogP contribution is 2.33. The molecule has 0 radical (unpaired) electrons. The van der Waals surface area contributed by atoms with Crippen molar-refractivity contribution in [1.82, 2.24) is 4.98 Å². The number of rotatable bonds is 6. The van der Waals surface area contributed by atoms with Crippen molar-refractivity contribution in [3.05, 3.63) is 81.4 Å². The number of amidine groups is 1. The molecule has 0 aliphatic rings. The molecule has 0 saturated heterocycles. The number of nitrogens with one attached hydrogen (secondary N) is 1. The molecular formula is C19H14F2N4O4. The van der Waals surface area contributed by atoms with E-state index in [0.717, 1.165) is 6.07 Å². The Morgan fingerprint density at radius 1 is 1.07 bits per heavy atom. The Bertz CT molecular complexity index is 1040. The van der Waals surface area contributed by atoms with Gasteiger partial charge in [0, 0.05) is 17.2 Å². The van der Waals surface area contributed by atoms with Gasteiger partial charge in [0.05, 0.1) is 11.0 Å². The molecule has 0 fully saturated rings. The Labute approximate surface area is 163 Å². The Kier molecular flexibility index (Phi) is 5.35. The fourth-order valence-corrected chi connectivity index (χ4v) is 2.35. The number of nitro benzene ring substituents is 1. The zero-order valence-corrected chi connectivity index (χ0v) is 15.0. The van der Waals surface area contributed by atoms with Gasteiger partial charge in [-0.15, -0.1) is 0 Å². The lowest BCUT2D eigenvalue weighted by molar-refractivity contribution is -0.384. The monoisotopic (exact) mass is 400 g/mol. The van der Waals surface area contributed by atoms with Crippen molar-refractivity contribution in [1.29, 1.82) is 5.41 Å². The number of nitro groups is 1. The first-order valence-electron chi connectivity index (χ1n) is 8.16. The summed E-state index contributed by atoms with van der Waals surface area (Å²) in [7, 11) is 0. The number of benzene rings is 2. The van der Waals surface area contributed by atoms with Crippen molar-refractivity contribution < 1.29 is 23.2 Å². The summed E-state index contributed by atoms with van der Waals surface area (Å²) in [4.78, 5) is 14.0. The summed E-state index contributed by atoms with van der Waals surface area (Å²) in [6.07, 6.45) is 0. The summed E-state index contributed by atoms with van der Waals surface area (Å²) in [5, 5.41) is 18.3. The maximum atomic E-state index is 14.5. The van der Waals surface area contributed by atoms with E-state index in [0.29, 0.717) is 5.56 Å². The maximum absolute atomic E-state index is 14.5. The topological polar surface area (TPSA) is 124 Å². The molecule has 3 aromatic rings. The molecule has 0 amide bonds. The molecule has 1 heterocycles. The summed E-state index contributed by atoms with van der Waals surface area (Å²) in [6, 6.07) is 11.0. The minimum Gasteiger partial charge on any atom is -0.436 e. The molecular weight excluding hydrogens is 386 g/mol. The van der Waals surface area contributed by atoms with E-state index < -0.39 is 33.9 Å². The Hall–Kier alpha value is -4.08. The largest absolute Gasteiger partial charge is 0.436 e. The van der Waals surface area contributed by atoms with Crippen molar-refractivity contribution in [2.24, 2.45) is 5.73 Å². The molecule has 8 nitrogen and oxygen atoms in total. The molecule has 0 unspecified atom stereocenters. The minimum absolute atomic E-state index is 0.0545. The van der Waals surface area contributed by atoms with E-state index in [4.69, 9.17) is 20.6 Å². The van der Waals surface area contributed by atoms with Crippen molar-refractivity contribution in [3.8, 4) is 23.3 Å². The number of hydrogen-bond donors (Lipinski definition) is 2. The quantitative estimate of drug-likeness (QED) is 0.273. The van der Waals surface area contributed by atoms with Crippen LogP contribution in [0.25, 0.3) is 0 Å². The van der Waals surface area contributed by atoms with Gasteiger partial charge in [0.15, 0.2) is 11.6 Å². The highest BCUT2D eigenvalue weighted by molar-refractivity contribution is 5.95. The van der Waals surface area contributed by atoms with Gasteiger partial charge in [-0.05, 0) is 25.1 Å². The molecule has 0 spiro atoms. The van der Waals surface area contributed by atoms with Crippen molar-refractivity contribution >= 4 is 11.5 Å². The number of hydrogen-bond acceptors (Lipinski definition) is 6. The highest BCUT2D eigenvalue weighted by Gasteiger charge is 2.21. The fourth-order valence-electron chi connectivity index (χ4n) is 2.35. The molecule has 3 rings (SSSR count). The zero-order chi connectivity index (χ0) is 21.1. The van der Waals surface area contributed by atoms with Gasteiger partial charge < -0.3 is 15.2 Å². The Morgan fingerprint density at radius 2 is 1.62 bits per heavy atom. The molecule has 0 bridgehead atoms. The fraction of sp³-hybridized carbons (Fsp3) is 0.0526. The number of nitrogens with zero attached hydrogens (tertiary/aromatic N) is 2. The molecule has 29 heavy (non-hydrogen) atoms. The minimum atomic E-state index is -1.07.